The van der Waals surface area contributed by atoms with Crippen LogP contribution < -0.4 is 10.1 Å². The molecule has 2 amide bonds. The number of thiophene rings is 1. The summed E-state index contributed by atoms with van der Waals surface area (Å²) in [7, 11) is 1.48. The molecule has 2 N–H and O–H groups in total. The van der Waals surface area contributed by atoms with Crippen LogP contribution >= 0.6 is 11.3 Å². The van der Waals surface area contributed by atoms with Gasteiger partial charge in [-0.05, 0) is 68.8 Å². The van der Waals surface area contributed by atoms with Gasteiger partial charge in [-0.15, -0.1) is 11.3 Å². The fourth-order valence-electron chi connectivity index (χ4n) is 4.52. The maximum atomic E-state index is 13.2. The predicted molar refractivity (Wildman–Crippen MR) is 139 cm³/mol. The molecule has 202 valence electrons. The van der Waals surface area contributed by atoms with E-state index < -0.39 is 48.1 Å². The van der Waals surface area contributed by atoms with Gasteiger partial charge in [0.05, 0.1) is 41.2 Å². The van der Waals surface area contributed by atoms with Crippen molar-refractivity contribution >= 4 is 46.4 Å². The fourth-order valence-corrected chi connectivity index (χ4v) is 5.14. The summed E-state index contributed by atoms with van der Waals surface area (Å²) < 4.78 is 15.7. The van der Waals surface area contributed by atoms with Crippen LogP contribution in [0, 0.1) is 11.3 Å². The molecule has 11 heteroatoms. The van der Waals surface area contributed by atoms with Crippen molar-refractivity contribution in [2.24, 2.45) is 11.3 Å². The minimum atomic E-state index is -0.898. The maximum absolute atomic E-state index is 13.2. The third-order valence-corrected chi connectivity index (χ3v) is 7.32. The standard InChI is InChI=1S/C27H30N2O8S/c1-14(30)21-18-12-16(22(29(18)24(21)32)25(33)36-13-37-26(34)27(2,3)4)15-8-9-19(35-5)17(11-15)28-23(31)20-7-6-10-38-20/h6-11,14,18,21,30H,12-13H2,1-5H3,(H,28,31)/t14-,18-,21-/m1/s1. The van der Waals surface area contributed by atoms with Crippen LogP contribution in [0.3, 0.4) is 0 Å². The molecule has 0 bridgehead atoms. The second-order valence-corrected chi connectivity index (χ2v) is 11.1. The van der Waals surface area contributed by atoms with Gasteiger partial charge in [0.2, 0.25) is 12.7 Å². The van der Waals surface area contributed by atoms with Crippen molar-refractivity contribution in [3.8, 4) is 5.75 Å². The van der Waals surface area contributed by atoms with Crippen molar-refractivity contribution in [2.75, 3.05) is 19.2 Å². The first-order valence-electron chi connectivity index (χ1n) is 12.1. The van der Waals surface area contributed by atoms with Gasteiger partial charge in [-0.1, -0.05) is 12.1 Å². The largest absolute Gasteiger partial charge is 0.495 e. The van der Waals surface area contributed by atoms with Gasteiger partial charge in [0.25, 0.3) is 5.91 Å². The Bertz CT molecular complexity index is 1290. The summed E-state index contributed by atoms with van der Waals surface area (Å²) in [6.45, 7) is 5.95. The fraction of sp³-hybridized carbons (Fsp3) is 0.407. The Hall–Kier alpha value is -3.70. The summed E-state index contributed by atoms with van der Waals surface area (Å²) in [5.41, 5.74) is 0.699. The zero-order chi connectivity index (χ0) is 27.8. The lowest BCUT2D eigenvalue weighted by atomic mass is 9.82. The topological polar surface area (TPSA) is 131 Å². The van der Waals surface area contributed by atoms with Gasteiger partial charge in [0.1, 0.15) is 11.4 Å². The lowest BCUT2D eigenvalue weighted by molar-refractivity contribution is -0.175. The van der Waals surface area contributed by atoms with E-state index in [1.165, 1.54) is 30.3 Å². The van der Waals surface area contributed by atoms with E-state index in [1.54, 1.807) is 56.5 Å². The molecule has 2 aromatic rings. The molecule has 38 heavy (non-hydrogen) atoms. The predicted octanol–water partition coefficient (Wildman–Crippen LogP) is 3.42. The second-order valence-electron chi connectivity index (χ2n) is 10.2. The van der Waals surface area contributed by atoms with Crippen LogP contribution in [0.1, 0.15) is 49.4 Å². The molecule has 3 heterocycles. The van der Waals surface area contributed by atoms with Gasteiger partial charge < -0.3 is 29.5 Å². The van der Waals surface area contributed by atoms with Gasteiger partial charge in [0, 0.05) is 0 Å². The quantitative estimate of drug-likeness (QED) is 0.295. The van der Waals surface area contributed by atoms with Crippen LogP contribution in [0.2, 0.25) is 0 Å². The van der Waals surface area contributed by atoms with Crippen molar-refractivity contribution in [2.45, 2.75) is 46.3 Å². The van der Waals surface area contributed by atoms with Crippen LogP contribution in [-0.2, 0) is 23.9 Å². The lowest BCUT2D eigenvalue weighted by Gasteiger charge is -2.44. The highest BCUT2D eigenvalue weighted by atomic mass is 32.1. The molecule has 1 saturated heterocycles. The highest BCUT2D eigenvalue weighted by Crippen LogP contribution is 2.48. The highest BCUT2D eigenvalue weighted by molar-refractivity contribution is 7.12. The van der Waals surface area contributed by atoms with E-state index in [0.717, 1.165) is 0 Å². The van der Waals surface area contributed by atoms with Crippen molar-refractivity contribution < 1.29 is 38.5 Å². The molecule has 3 atom stereocenters. The number of nitrogens with one attached hydrogen (secondary N) is 1. The molecule has 1 aromatic heterocycles. The lowest BCUT2D eigenvalue weighted by Crippen LogP contribution is -2.61. The van der Waals surface area contributed by atoms with Crippen LogP contribution in [0.15, 0.2) is 41.4 Å². The number of carbonyl (C=O) groups is 4. The van der Waals surface area contributed by atoms with E-state index in [4.69, 9.17) is 14.2 Å². The molecule has 0 unspecified atom stereocenters. The molecule has 0 spiro atoms. The Morgan fingerprint density at radius 3 is 2.55 bits per heavy atom. The number of ether oxygens (including phenoxy) is 3. The normalized spacial score (nSPS) is 19.4. The SMILES string of the molecule is COc1ccc(C2=C(C(=O)OCOC(=O)C(C)(C)C)N3C(=O)[C@H]([C@@H](C)O)[C@H]3C2)cc1NC(=O)c1cccs1. The molecular formula is C27H30N2O8S. The number of aliphatic hydroxyl groups excluding tert-OH is 1. The van der Waals surface area contributed by atoms with Crippen LogP contribution in [0.4, 0.5) is 5.69 Å². The smallest absolute Gasteiger partial charge is 0.358 e. The number of hydrogen-bond acceptors (Lipinski definition) is 9. The minimum absolute atomic E-state index is 0.0180. The zero-order valence-electron chi connectivity index (χ0n) is 21.8. The first kappa shape index (κ1) is 27.3. The number of β-lactam (4-membered cyclic amide) rings is 1. The molecule has 2 aliphatic rings. The summed E-state index contributed by atoms with van der Waals surface area (Å²) >= 11 is 1.29. The number of anilines is 1. The molecule has 0 saturated carbocycles. The molecule has 2 aliphatic heterocycles. The van der Waals surface area contributed by atoms with Gasteiger partial charge in [0.15, 0.2) is 0 Å². The minimum Gasteiger partial charge on any atom is -0.495 e. The van der Waals surface area contributed by atoms with Crippen molar-refractivity contribution in [1.82, 2.24) is 4.90 Å². The average molecular weight is 543 g/mol. The first-order valence-corrected chi connectivity index (χ1v) is 12.9. The molecule has 0 aliphatic carbocycles. The summed E-state index contributed by atoms with van der Waals surface area (Å²) in [6, 6.07) is 8.08. The number of fused-ring (bicyclic) bond motifs is 1. The number of nitrogens with zero attached hydrogens (tertiary/aromatic N) is 1. The third kappa shape index (κ3) is 5.16. The number of aliphatic hydroxyl groups is 1. The number of benzene rings is 1. The Labute approximate surface area is 224 Å². The van der Waals surface area contributed by atoms with E-state index in [0.29, 0.717) is 27.5 Å². The number of hydrogen-bond donors (Lipinski definition) is 2. The summed E-state index contributed by atoms with van der Waals surface area (Å²) in [5.74, 6) is -2.33. The van der Waals surface area contributed by atoms with E-state index >= 15 is 0 Å². The zero-order valence-corrected chi connectivity index (χ0v) is 22.6. The highest BCUT2D eigenvalue weighted by Gasteiger charge is 2.57. The Kier molecular flexibility index (Phi) is 7.61. The molecular weight excluding hydrogens is 512 g/mol. The number of carbonyl (C=O) groups excluding carboxylic acids is 4. The van der Waals surface area contributed by atoms with Crippen LogP contribution in [0.5, 0.6) is 5.75 Å². The van der Waals surface area contributed by atoms with Crippen molar-refractivity contribution in [3.63, 3.8) is 0 Å². The summed E-state index contributed by atoms with van der Waals surface area (Å²) in [5, 5.41) is 14.8. The van der Waals surface area contributed by atoms with Crippen LogP contribution in [-0.4, -0.2) is 59.8 Å². The first-order chi connectivity index (χ1) is 17.9. The van der Waals surface area contributed by atoms with E-state index in [1.807, 2.05) is 0 Å². The van der Waals surface area contributed by atoms with E-state index in [2.05, 4.69) is 5.32 Å². The summed E-state index contributed by atoms with van der Waals surface area (Å²) in [6.07, 6.45) is -0.609. The second kappa shape index (κ2) is 10.6. The van der Waals surface area contributed by atoms with Crippen molar-refractivity contribution in [3.05, 3.63) is 51.8 Å². The van der Waals surface area contributed by atoms with Gasteiger partial charge in [-0.25, -0.2) is 4.79 Å². The molecule has 4 rings (SSSR count). The van der Waals surface area contributed by atoms with Gasteiger partial charge in [-0.2, -0.15) is 0 Å². The number of esters is 2. The maximum Gasteiger partial charge on any atom is 0.358 e. The molecule has 1 fully saturated rings. The third-order valence-electron chi connectivity index (χ3n) is 6.46. The number of rotatable bonds is 8. The van der Waals surface area contributed by atoms with Crippen molar-refractivity contribution in [1.29, 1.82) is 0 Å². The van der Waals surface area contributed by atoms with Gasteiger partial charge in [-0.3, -0.25) is 14.4 Å². The average Bonchev–Trinajstić information content (AvgIpc) is 3.50. The monoisotopic (exact) mass is 542 g/mol. The molecule has 0 radical (unpaired) electrons. The van der Waals surface area contributed by atoms with E-state index in [9.17, 15) is 24.3 Å². The number of amides is 2. The Balaban J connectivity index is 1.65. The number of methoxy groups -OCH3 is 1. The van der Waals surface area contributed by atoms with Crippen LogP contribution in [0.25, 0.3) is 5.57 Å². The molecule has 1 aromatic carbocycles. The van der Waals surface area contributed by atoms with Gasteiger partial charge >= 0.3 is 11.9 Å². The van der Waals surface area contributed by atoms with E-state index in [-0.39, 0.29) is 18.0 Å². The summed E-state index contributed by atoms with van der Waals surface area (Å²) in [4.78, 5) is 52.7. The Morgan fingerprint density at radius 1 is 1.21 bits per heavy atom. The Morgan fingerprint density at radius 2 is 1.95 bits per heavy atom. The molecule has 10 nitrogen and oxygen atoms in total.